The van der Waals surface area contributed by atoms with Gasteiger partial charge in [-0.2, -0.15) is 0 Å². The third-order valence-corrected chi connectivity index (χ3v) is 9.10. The normalized spacial score (nSPS) is 14.6. The van der Waals surface area contributed by atoms with E-state index in [1.54, 1.807) is 17.0 Å². The van der Waals surface area contributed by atoms with E-state index in [9.17, 15) is 18.0 Å². The average Bonchev–Trinajstić information content (AvgIpc) is 2.98. The summed E-state index contributed by atoms with van der Waals surface area (Å²) in [5.74, 6) is -0.626. The van der Waals surface area contributed by atoms with Gasteiger partial charge in [-0.05, 0) is 48.9 Å². The Kier molecular flexibility index (Phi) is 10.8. The number of hydrogen-bond donors (Lipinski definition) is 1. The average molecular weight is 590 g/mol. The fraction of sp³-hybridized carbons (Fsp3) is 0.412. The maximum absolute atomic E-state index is 14.3. The van der Waals surface area contributed by atoms with Gasteiger partial charge >= 0.3 is 0 Å². The summed E-state index contributed by atoms with van der Waals surface area (Å²) in [5, 5.41) is 3.24. The topological polar surface area (TPSA) is 86.8 Å². The molecule has 8 heteroatoms. The molecule has 1 aliphatic carbocycles. The van der Waals surface area contributed by atoms with E-state index in [1.807, 2.05) is 80.6 Å². The molecule has 4 rings (SSSR count). The highest BCUT2D eigenvalue weighted by Crippen LogP contribution is 2.25. The van der Waals surface area contributed by atoms with Gasteiger partial charge in [0.25, 0.3) is 0 Å². The molecule has 0 saturated heterocycles. The van der Waals surface area contributed by atoms with Gasteiger partial charge in [0.1, 0.15) is 12.6 Å². The molecular weight excluding hydrogens is 546 g/mol. The van der Waals surface area contributed by atoms with Crippen molar-refractivity contribution in [2.75, 3.05) is 17.1 Å². The number of aryl methyl sites for hydroxylation is 2. The fourth-order valence-electron chi connectivity index (χ4n) is 5.75. The minimum atomic E-state index is -3.80. The monoisotopic (exact) mass is 589 g/mol. The van der Waals surface area contributed by atoms with Gasteiger partial charge in [-0.25, -0.2) is 8.42 Å². The van der Waals surface area contributed by atoms with Crippen molar-refractivity contribution in [3.05, 3.63) is 101 Å². The van der Waals surface area contributed by atoms with Gasteiger partial charge in [0.15, 0.2) is 0 Å². The molecule has 0 heterocycles. The highest BCUT2D eigenvalue weighted by atomic mass is 32.2. The lowest BCUT2D eigenvalue weighted by atomic mass is 9.94. The van der Waals surface area contributed by atoms with E-state index in [4.69, 9.17) is 0 Å². The van der Waals surface area contributed by atoms with Crippen LogP contribution >= 0.6 is 0 Å². The quantitative estimate of drug-likeness (QED) is 0.306. The summed E-state index contributed by atoms with van der Waals surface area (Å²) in [7, 11) is -3.80. The van der Waals surface area contributed by atoms with E-state index < -0.39 is 28.5 Å². The molecule has 3 aromatic rings. The second kappa shape index (κ2) is 14.5. The number of nitrogens with one attached hydrogen (secondary N) is 1. The van der Waals surface area contributed by atoms with Crippen LogP contribution in [0.25, 0.3) is 0 Å². The summed E-state index contributed by atoms with van der Waals surface area (Å²) < 4.78 is 27.4. The second-order valence-corrected chi connectivity index (χ2v) is 13.2. The summed E-state index contributed by atoms with van der Waals surface area (Å²) in [5.41, 5.74) is 4.17. The molecular formula is C34H43N3O4S. The second-order valence-electron chi connectivity index (χ2n) is 11.3. The Morgan fingerprint density at radius 3 is 2.24 bits per heavy atom. The minimum absolute atomic E-state index is 0.0735. The van der Waals surface area contributed by atoms with E-state index in [-0.39, 0.29) is 18.5 Å². The lowest BCUT2D eigenvalue weighted by molar-refractivity contribution is -0.140. The summed E-state index contributed by atoms with van der Waals surface area (Å²) >= 11 is 0. The van der Waals surface area contributed by atoms with Crippen molar-refractivity contribution in [2.45, 2.75) is 77.4 Å². The first-order chi connectivity index (χ1) is 20.2. The van der Waals surface area contributed by atoms with Gasteiger partial charge in [-0.3, -0.25) is 13.9 Å². The van der Waals surface area contributed by atoms with Gasteiger partial charge in [0, 0.05) is 19.0 Å². The molecule has 0 unspecified atom stereocenters. The molecule has 2 amide bonds. The molecule has 7 nitrogen and oxygen atoms in total. The van der Waals surface area contributed by atoms with Crippen LogP contribution in [0.3, 0.4) is 0 Å². The number of amides is 2. The van der Waals surface area contributed by atoms with Crippen molar-refractivity contribution in [3.63, 3.8) is 0 Å². The number of carbonyl (C=O) groups is 2. The van der Waals surface area contributed by atoms with Crippen LogP contribution < -0.4 is 9.62 Å². The van der Waals surface area contributed by atoms with Crippen LogP contribution in [-0.4, -0.2) is 50.0 Å². The lowest BCUT2D eigenvalue weighted by Gasteiger charge is -2.35. The van der Waals surface area contributed by atoms with E-state index in [1.165, 1.54) is 10.7 Å². The zero-order chi connectivity index (χ0) is 30.1. The fourth-order valence-corrected chi connectivity index (χ4v) is 6.63. The minimum Gasteiger partial charge on any atom is -0.352 e. The Hall–Kier alpha value is -3.65. The maximum atomic E-state index is 14.3. The van der Waals surface area contributed by atoms with E-state index in [0.29, 0.717) is 18.5 Å². The molecule has 1 atom stereocenters. The number of benzene rings is 3. The summed E-state index contributed by atoms with van der Waals surface area (Å²) in [4.78, 5) is 29.9. The number of para-hydroxylation sites is 1. The third kappa shape index (κ3) is 8.44. The lowest BCUT2D eigenvalue weighted by Crippen LogP contribution is -2.55. The van der Waals surface area contributed by atoms with Gasteiger partial charge in [0.05, 0.1) is 11.9 Å². The first-order valence-corrected chi connectivity index (χ1v) is 16.8. The number of sulfonamides is 1. The van der Waals surface area contributed by atoms with Gasteiger partial charge in [-0.15, -0.1) is 0 Å². The molecule has 1 saturated carbocycles. The Labute approximate surface area is 251 Å². The van der Waals surface area contributed by atoms with E-state index in [0.717, 1.165) is 54.2 Å². The standard InChI is InChI=1S/C34H43N3O4S/c1-4-29-18-11-12-21-31(29)37(42(3,40)41)25-33(38)36(24-28-17-13-14-26(2)22-28)32(23-27-15-7-5-8-16-27)34(39)35-30-19-9-6-10-20-30/h5,7-8,11-18,21-22,30,32H,4,6,9-10,19-20,23-25H2,1-3H3,(H,35,39)/t32-/m1/s1. The molecule has 0 aromatic heterocycles. The molecule has 3 aromatic carbocycles. The molecule has 0 radical (unpaired) electrons. The SMILES string of the molecule is CCc1ccccc1N(CC(=O)N(Cc1cccc(C)c1)[C@H](Cc1ccccc1)C(=O)NC1CCCCC1)S(C)(=O)=O. The predicted molar refractivity (Wildman–Crippen MR) is 169 cm³/mol. The Morgan fingerprint density at radius 1 is 0.905 bits per heavy atom. The Bertz CT molecular complexity index is 1450. The van der Waals surface area contributed by atoms with Crippen molar-refractivity contribution in [1.82, 2.24) is 10.2 Å². The first kappa shape index (κ1) is 31.3. The van der Waals surface area contributed by atoms with Crippen LogP contribution in [0.5, 0.6) is 0 Å². The number of nitrogens with zero attached hydrogens (tertiary/aromatic N) is 2. The molecule has 1 aliphatic rings. The predicted octanol–water partition coefficient (Wildman–Crippen LogP) is 5.41. The molecule has 0 bridgehead atoms. The van der Waals surface area contributed by atoms with Gasteiger partial charge < -0.3 is 10.2 Å². The summed E-state index contributed by atoms with van der Waals surface area (Å²) in [6, 6.07) is 24.0. The van der Waals surface area contributed by atoms with Crippen LogP contribution in [0.2, 0.25) is 0 Å². The maximum Gasteiger partial charge on any atom is 0.244 e. The van der Waals surface area contributed by atoms with Crippen LogP contribution in [0.15, 0.2) is 78.9 Å². The molecule has 0 aliphatic heterocycles. The highest BCUT2D eigenvalue weighted by Gasteiger charge is 2.34. The van der Waals surface area contributed by atoms with Crippen LogP contribution in [0, 0.1) is 6.92 Å². The van der Waals surface area contributed by atoms with Gasteiger partial charge in [0.2, 0.25) is 21.8 Å². The molecule has 0 spiro atoms. The smallest absolute Gasteiger partial charge is 0.244 e. The van der Waals surface area contributed by atoms with Crippen molar-refractivity contribution >= 4 is 27.5 Å². The van der Waals surface area contributed by atoms with Crippen molar-refractivity contribution in [3.8, 4) is 0 Å². The van der Waals surface area contributed by atoms with Crippen molar-refractivity contribution < 1.29 is 18.0 Å². The molecule has 1 fully saturated rings. The van der Waals surface area contributed by atoms with Gasteiger partial charge in [-0.1, -0.05) is 105 Å². The number of rotatable bonds is 12. The van der Waals surface area contributed by atoms with Crippen LogP contribution in [0.4, 0.5) is 5.69 Å². The van der Waals surface area contributed by atoms with Crippen LogP contribution in [0.1, 0.15) is 61.3 Å². The Balaban J connectivity index is 1.74. The molecule has 42 heavy (non-hydrogen) atoms. The zero-order valence-electron chi connectivity index (χ0n) is 25.0. The summed E-state index contributed by atoms with van der Waals surface area (Å²) in [6.07, 6.45) is 7.20. The number of hydrogen-bond acceptors (Lipinski definition) is 4. The number of anilines is 1. The summed E-state index contributed by atoms with van der Waals surface area (Å²) in [6.45, 7) is 3.73. The molecule has 1 N–H and O–H groups in total. The van der Waals surface area contributed by atoms with E-state index >= 15 is 0 Å². The van der Waals surface area contributed by atoms with Crippen molar-refractivity contribution in [1.29, 1.82) is 0 Å². The first-order valence-electron chi connectivity index (χ1n) is 14.9. The van der Waals surface area contributed by atoms with E-state index in [2.05, 4.69) is 5.32 Å². The Morgan fingerprint density at radius 2 is 1.57 bits per heavy atom. The van der Waals surface area contributed by atoms with Crippen LogP contribution in [-0.2, 0) is 39.0 Å². The highest BCUT2D eigenvalue weighted by molar-refractivity contribution is 7.92. The number of carbonyl (C=O) groups excluding carboxylic acids is 2. The largest absolute Gasteiger partial charge is 0.352 e. The zero-order valence-corrected chi connectivity index (χ0v) is 25.8. The molecule has 224 valence electrons. The van der Waals surface area contributed by atoms with Crippen molar-refractivity contribution in [2.24, 2.45) is 0 Å². The third-order valence-electron chi connectivity index (χ3n) is 7.98.